The topological polar surface area (TPSA) is 17.1 Å². The zero-order valence-corrected chi connectivity index (χ0v) is 10.9. The van der Waals surface area contributed by atoms with E-state index in [0.29, 0.717) is 5.56 Å². The quantitative estimate of drug-likeness (QED) is 0.764. The third-order valence-electron chi connectivity index (χ3n) is 2.94. The van der Waals surface area contributed by atoms with Crippen LogP contribution in [0.5, 0.6) is 0 Å². The normalized spacial score (nSPS) is 11.4. The first-order chi connectivity index (χ1) is 9.37. The summed E-state index contributed by atoms with van der Waals surface area (Å²) < 4.78 is 37.7. The molecule has 0 saturated heterocycles. The summed E-state index contributed by atoms with van der Waals surface area (Å²) in [7, 11) is 0. The Bertz CT molecular complexity index is 615. The number of hydrogen-bond acceptors (Lipinski definition) is 1. The van der Waals surface area contributed by atoms with Crippen LogP contribution >= 0.6 is 0 Å². The lowest BCUT2D eigenvalue weighted by atomic mass is 9.95. The van der Waals surface area contributed by atoms with E-state index < -0.39 is 12.6 Å². The van der Waals surface area contributed by atoms with Crippen LogP contribution in [0.25, 0.3) is 0 Å². The van der Waals surface area contributed by atoms with E-state index in [2.05, 4.69) is 0 Å². The van der Waals surface area contributed by atoms with Crippen LogP contribution in [0, 0.1) is 6.92 Å². The Kier molecular flexibility index (Phi) is 3.93. The number of carbonyl (C=O) groups is 1. The molecule has 1 nitrogen and oxygen atoms in total. The maximum Gasteiger partial charge on any atom is 0.393 e. The van der Waals surface area contributed by atoms with E-state index in [1.54, 1.807) is 43.3 Å². The highest BCUT2D eigenvalue weighted by atomic mass is 19.4. The minimum absolute atomic E-state index is 0.0111. The van der Waals surface area contributed by atoms with Gasteiger partial charge in [-0.15, -0.1) is 0 Å². The van der Waals surface area contributed by atoms with Crippen molar-refractivity contribution in [2.45, 2.75) is 19.5 Å². The number of rotatable bonds is 3. The van der Waals surface area contributed by atoms with Crippen molar-refractivity contribution in [1.82, 2.24) is 0 Å². The van der Waals surface area contributed by atoms with Gasteiger partial charge in [0.1, 0.15) is 0 Å². The van der Waals surface area contributed by atoms with Crippen molar-refractivity contribution < 1.29 is 18.0 Å². The predicted octanol–water partition coefficient (Wildman–Crippen LogP) is 4.33. The molecule has 0 bridgehead atoms. The smallest absolute Gasteiger partial charge is 0.289 e. The minimum Gasteiger partial charge on any atom is -0.289 e. The Balaban J connectivity index is 2.44. The number of halogens is 3. The lowest BCUT2D eigenvalue weighted by Crippen LogP contribution is -2.15. The number of carbonyl (C=O) groups excluding carboxylic acids is 1. The molecule has 0 amide bonds. The lowest BCUT2D eigenvalue weighted by Gasteiger charge is -2.12. The molecular formula is C16H13F3O. The summed E-state index contributed by atoms with van der Waals surface area (Å²) in [5, 5.41) is 0. The second kappa shape index (κ2) is 5.49. The van der Waals surface area contributed by atoms with Crippen LogP contribution in [-0.2, 0) is 6.42 Å². The van der Waals surface area contributed by atoms with Crippen LogP contribution in [-0.4, -0.2) is 12.0 Å². The second-order valence-electron chi connectivity index (χ2n) is 4.65. The van der Waals surface area contributed by atoms with Crippen LogP contribution in [0.4, 0.5) is 13.2 Å². The van der Waals surface area contributed by atoms with Gasteiger partial charge in [-0.25, -0.2) is 0 Å². The number of benzene rings is 2. The van der Waals surface area contributed by atoms with Crippen molar-refractivity contribution in [2.75, 3.05) is 0 Å². The van der Waals surface area contributed by atoms with Crippen molar-refractivity contribution in [3.05, 3.63) is 70.8 Å². The SMILES string of the molecule is Cc1ccc(CC(F)(F)F)c(C(=O)c2ccccc2)c1. The van der Waals surface area contributed by atoms with E-state index in [4.69, 9.17) is 0 Å². The Morgan fingerprint density at radius 3 is 2.30 bits per heavy atom. The molecule has 2 aromatic rings. The molecule has 2 rings (SSSR count). The fraction of sp³-hybridized carbons (Fsp3) is 0.188. The van der Waals surface area contributed by atoms with Gasteiger partial charge in [0, 0.05) is 11.1 Å². The van der Waals surface area contributed by atoms with Crippen molar-refractivity contribution in [3.8, 4) is 0 Å². The zero-order chi connectivity index (χ0) is 14.8. The summed E-state index contributed by atoms with van der Waals surface area (Å²) in [4.78, 5) is 12.3. The minimum atomic E-state index is -4.33. The van der Waals surface area contributed by atoms with Crippen molar-refractivity contribution in [1.29, 1.82) is 0 Å². The molecule has 0 spiro atoms. The van der Waals surface area contributed by atoms with Crippen LogP contribution in [0.1, 0.15) is 27.0 Å². The third-order valence-corrected chi connectivity index (χ3v) is 2.94. The molecule has 0 radical (unpaired) electrons. The van der Waals surface area contributed by atoms with Crippen LogP contribution in [0.2, 0.25) is 0 Å². The van der Waals surface area contributed by atoms with E-state index in [1.165, 1.54) is 12.1 Å². The number of hydrogen-bond donors (Lipinski definition) is 0. The van der Waals surface area contributed by atoms with Crippen LogP contribution in [0.15, 0.2) is 48.5 Å². The molecule has 0 aromatic heterocycles. The summed E-state index contributed by atoms with van der Waals surface area (Å²) >= 11 is 0. The van der Waals surface area contributed by atoms with Crippen molar-refractivity contribution in [2.24, 2.45) is 0 Å². The third kappa shape index (κ3) is 3.47. The summed E-state index contributed by atoms with van der Waals surface area (Å²) in [5.41, 5.74) is 1.28. The van der Waals surface area contributed by atoms with Crippen LogP contribution < -0.4 is 0 Å². The molecule has 104 valence electrons. The highest BCUT2D eigenvalue weighted by molar-refractivity contribution is 6.10. The summed E-state index contributed by atoms with van der Waals surface area (Å²) in [6.45, 7) is 1.75. The van der Waals surface area contributed by atoms with Gasteiger partial charge in [-0.2, -0.15) is 13.2 Å². The van der Waals surface area contributed by atoms with Gasteiger partial charge in [-0.1, -0.05) is 48.0 Å². The highest BCUT2D eigenvalue weighted by Crippen LogP contribution is 2.25. The van der Waals surface area contributed by atoms with Gasteiger partial charge in [0.05, 0.1) is 6.42 Å². The Morgan fingerprint density at radius 2 is 1.70 bits per heavy atom. The molecule has 0 saturated carbocycles. The van der Waals surface area contributed by atoms with E-state index in [1.807, 2.05) is 0 Å². The number of aryl methyl sites for hydroxylation is 1. The fourth-order valence-corrected chi connectivity index (χ4v) is 2.02. The van der Waals surface area contributed by atoms with E-state index >= 15 is 0 Å². The Hall–Kier alpha value is -2.10. The molecule has 0 fully saturated rings. The average molecular weight is 278 g/mol. The highest BCUT2D eigenvalue weighted by Gasteiger charge is 2.30. The molecule has 0 aliphatic heterocycles. The molecule has 2 aromatic carbocycles. The predicted molar refractivity (Wildman–Crippen MR) is 70.8 cm³/mol. The second-order valence-corrected chi connectivity index (χ2v) is 4.65. The first-order valence-corrected chi connectivity index (χ1v) is 6.13. The zero-order valence-electron chi connectivity index (χ0n) is 10.9. The monoisotopic (exact) mass is 278 g/mol. The molecule has 0 aliphatic rings. The summed E-state index contributed by atoms with van der Waals surface area (Å²) in [6.07, 6.45) is -5.43. The van der Waals surface area contributed by atoms with Crippen molar-refractivity contribution >= 4 is 5.78 Å². The number of ketones is 1. The molecule has 0 atom stereocenters. The van der Waals surface area contributed by atoms with Gasteiger partial charge in [-0.3, -0.25) is 4.79 Å². The molecule has 4 heteroatoms. The molecule has 0 N–H and O–H groups in total. The summed E-state index contributed by atoms with van der Waals surface area (Å²) in [6, 6.07) is 12.8. The van der Waals surface area contributed by atoms with E-state index in [9.17, 15) is 18.0 Å². The largest absolute Gasteiger partial charge is 0.393 e. The van der Waals surface area contributed by atoms with Gasteiger partial charge in [0.15, 0.2) is 5.78 Å². The first kappa shape index (κ1) is 14.3. The van der Waals surface area contributed by atoms with Crippen molar-refractivity contribution in [3.63, 3.8) is 0 Å². The maximum atomic E-state index is 12.6. The van der Waals surface area contributed by atoms with Gasteiger partial charge in [-0.05, 0) is 18.6 Å². The maximum absolute atomic E-state index is 12.6. The Morgan fingerprint density at radius 1 is 1.05 bits per heavy atom. The molecule has 0 unspecified atom stereocenters. The molecule has 0 heterocycles. The van der Waals surface area contributed by atoms with Gasteiger partial charge < -0.3 is 0 Å². The van der Waals surface area contributed by atoms with E-state index in [-0.39, 0.29) is 16.9 Å². The fourth-order valence-electron chi connectivity index (χ4n) is 2.02. The van der Waals surface area contributed by atoms with Gasteiger partial charge in [0.2, 0.25) is 0 Å². The van der Waals surface area contributed by atoms with Crippen LogP contribution in [0.3, 0.4) is 0 Å². The van der Waals surface area contributed by atoms with Gasteiger partial charge in [0.25, 0.3) is 0 Å². The molecular weight excluding hydrogens is 265 g/mol. The lowest BCUT2D eigenvalue weighted by molar-refractivity contribution is -0.127. The summed E-state index contributed by atoms with van der Waals surface area (Å²) in [5.74, 6) is -0.381. The standard InChI is InChI=1S/C16H13F3O/c1-11-7-8-13(10-16(17,18)19)14(9-11)15(20)12-5-3-2-4-6-12/h2-9H,10H2,1H3. The molecule has 20 heavy (non-hydrogen) atoms. The van der Waals surface area contributed by atoms with Gasteiger partial charge >= 0.3 is 6.18 Å². The first-order valence-electron chi connectivity index (χ1n) is 6.13. The van der Waals surface area contributed by atoms with E-state index in [0.717, 1.165) is 5.56 Å². The molecule has 0 aliphatic carbocycles. The average Bonchev–Trinajstić information content (AvgIpc) is 2.39. The Labute approximate surface area is 115 Å². The number of alkyl halides is 3.